The Morgan fingerprint density at radius 3 is 2.22 bits per heavy atom. The minimum absolute atomic E-state index is 0.356. The van der Waals surface area contributed by atoms with Crippen LogP contribution < -0.4 is 0 Å². The first-order valence-corrected chi connectivity index (χ1v) is 4.98. The number of benzene rings is 1. The predicted octanol–water partition coefficient (Wildman–Crippen LogP) is 2.83. The average molecular weight is 259 g/mol. The fourth-order valence-corrected chi connectivity index (χ4v) is 1.18. The van der Waals surface area contributed by atoms with E-state index in [0.717, 1.165) is 0 Å². The van der Waals surface area contributed by atoms with E-state index in [4.69, 9.17) is 4.74 Å². The molecule has 1 aromatic rings. The topological polar surface area (TPSA) is 69.4 Å². The minimum atomic E-state index is -1.39. The second-order valence-electron chi connectivity index (χ2n) is 4.54. The maximum absolute atomic E-state index is 13.0. The van der Waals surface area contributed by atoms with Gasteiger partial charge >= 0.3 is 5.97 Å². The molecule has 1 rings (SSSR count). The van der Waals surface area contributed by atoms with Crippen LogP contribution in [0.4, 0.5) is 14.5 Å². The molecule has 0 unspecified atom stereocenters. The van der Waals surface area contributed by atoms with Crippen LogP contribution in [0.3, 0.4) is 0 Å². The van der Waals surface area contributed by atoms with E-state index in [-0.39, 0.29) is 0 Å². The number of ether oxygens (including phenoxy) is 1. The number of nitro groups is 1. The summed E-state index contributed by atoms with van der Waals surface area (Å²) in [6.45, 7) is 4.66. The second-order valence-corrected chi connectivity index (χ2v) is 4.54. The third kappa shape index (κ3) is 3.22. The lowest BCUT2D eigenvalue weighted by atomic mass is 10.1. The number of halogens is 2. The molecule has 0 aliphatic carbocycles. The molecule has 0 aliphatic rings. The molecule has 0 atom stereocenters. The molecular weight excluding hydrogens is 248 g/mol. The standard InChI is InChI=1S/C11H11F2NO4/c1-11(2,3)18-10(15)6-4-7(12)8(13)5-9(6)14(16)17/h4-5H,1-3H3. The molecule has 1 aromatic carbocycles. The van der Waals surface area contributed by atoms with E-state index in [1.807, 2.05) is 0 Å². The molecule has 0 saturated carbocycles. The highest BCUT2D eigenvalue weighted by atomic mass is 19.2. The molecule has 0 N–H and O–H groups in total. The summed E-state index contributed by atoms with van der Waals surface area (Å²) in [7, 11) is 0. The first-order chi connectivity index (χ1) is 8.11. The number of carbonyl (C=O) groups is 1. The van der Waals surface area contributed by atoms with Gasteiger partial charge in [-0.05, 0) is 26.8 Å². The summed E-state index contributed by atoms with van der Waals surface area (Å²) < 4.78 is 30.8. The van der Waals surface area contributed by atoms with Crippen molar-refractivity contribution >= 4 is 11.7 Å². The number of hydrogen-bond acceptors (Lipinski definition) is 4. The zero-order valence-electron chi connectivity index (χ0n) is 9.99. The van der Waals surface area contributed by atoms with Crippen molar-refractivity contribution in [1.82, 2.24) is 0 Å². The van der Waals surface area contributed by atoms with E-state index in [9.17, 15) is 23.7 Å². The fourth-order valence-electron chi connectivity index (χ4n) is 1.18. The van der Waals surface area contributed by atoms with Gasteiger partial charge in [0.05, 0.1) is 11.0 Å². The van der Waals surface area contributed by atoms with Gasteiger partial charge in [0.25, 0.3) is 5.69 Å². The van der Waals surface area contributed by atoms with Crippen molar-refractivity contribution in [2.75, 3.05) is 0 Å². The van der Waals surface area contributed by atoms with E-state index in [0.29, 0.717) is 12.1 Å². The zero-order chi connectivity index (χ0) is 14.1. The van der Waals surface area contributed by atoms with Crippen LogP contribution >= 0.6 is 0 Å². The Morgan fingerprint density at radius 1 is 1.28 bits per heavy atom. The van der Waals surface area contributed by atoms with Crippen molar-refractivity contribution in [3.05, 3.63) is 39.4 Å². The largest absolute Gasteiger partial charge is 0.456 e. The van der Waals surface area contributed by atoms with Gasteiger partial charge in [-0.25, -0.2) is 13.6 Å². The van der Waals surface area contributed by atoms with Crippen LogP contribution in [0.15, 0.2) is 12.1 Å². The van der Waals surface area contributed by atoms with Crippen molar-refractivity contribution in [2.24, 2.45) is 0 Å². The van der Waals surface area contributed by atoms with Crippen molar-refractivity contribution < 1.29 is 23.2 Å². The number of carbonyl (C=O) groups excluding carboxylic acids is 1. The van der Waals surface area contributed by atoms with E-state index in [2.05, 4.69) is 0 Å². The molecule has 0 aliphatic heterocycles. The fraction of sp³-hybridized carbons (Fsp3) is 0.364. The van der Waals surface area contributed by atoms with Crippen molar-refractivity contribution in [3.63, 3.8) is 0 Å². The van der Waals surface area contributed by atoms with Gasteiger partial charge in [0, 0.05) is 0 Å². The maximum atomic E-state index is 13.0. The summed E-state index contributed by atoms with van der Waals surface area (Å²) in [4.78, 5) is 21.3. The van der Waals surface area contributed by atoms with Crippen molar-refractivity contribution in [1.29, 1.82) is 0 Å². The Hall–Kier alpha value is -2.05. The number of nitrogens with zero attached hydrogens (tertiary/aromatic N) is 1. The molecule has 0 spiro atoms. The molecular formula is C11H11F2NO4. The van der Waals surface area contributed by atoms with E-state index >= 15 is 0 Å². The van der Waals surface area contributed by atoms with Crippen LogP contribution in [0.5, 0.6) is 0 Å². The molecule has 18 heavy (non-hydrogen) atoms. The third-order valence-corrected chi connectivity index (χ3v) is 1.85. The van der Waals surface area contributed by atoms with Crippen LogP contribution in [-0.4, -0.2) is 16.5 Å². The normalized spacial score (nSPS) is 11.2. The maximum Gasteiger partial charge on any atom is 0.345 e. The molecule has 0 bridgehead atoms. The van der Waals surface area contributed by atoms with Gasteiger partial charge in [0.2, 0.25) is 0 Å². The molecule has 98 valence electrons. The Bertz CT molecular complexity index is 509. The summed E-state index contributed by atoms with van der Waals surface area (Å²) in [5.41, 5.74) is -2.34. The smallest absolute Gasteiger partial charge is 0.345 e. The molecule has 5 nitrogen and oxygen atoms in total. The first-order valence-electron chi connectivity index (χ1n) is 4.98. The lowest BCUT2D eigenvalue weighted by Crippen LogP contribution is -2.24. The quantitative estimate of drug-likeness (QED) is 0.465. The van der Waals surface area contributed by atoms with Crippen LogP contribution in [0.1, 0.15) is 31.1 Å². The van der Waals surface area contributed by atoms with E-state index < -0.39 is 39.4 Å². The third-order valence-electron chi connectivity index (χ3n) is 1.85. The van der Waals surface area contributed by atoms with Gasteiger partial charge in [0.1, 0.15) is 11.2 Å². The van der Waals surface area contributed by atoms with Gasteiger partial charge in [0.15, 0.2) is 11.6 Å². The molecule has 0 radical (unpaired) electrons. The number of esters is 1. The summed E-state index contributed by atoms with van der Waals surface area (Å²) in [5.74, 6) is -3.82. The lowest BCUT2D eigenvalue weighted by Gasteiger charge is -2.19. The second kappa shape index (κ2) is 4.67. The molecule has 7 heteroatoms. The monoisotopic (exact) mass is 259 g/mol. The van der Waals surface area contributed by atoms with Crippen LogP contribution in [0.25, 0.3) is 0 Å². The number of nitro benzene ring substituents is 1. The van der Waals surface area contributed by atoms with Gasteiger partial charge in [-0.3, -0.25) is 10.1 Å². The number of hydrogen-bond donors (Lipinski definition) is 0. The highest BCUT2D eigenvalue weighted by Gasteiger charge is 2.27. The Morgan fingerprint density at radius 2 is 1.78 bits per heavy atom. The minimum Gasteiger partial charge on any atom is -0.456 e. The van der Waals surface area contributed by atoms with Crippen molar-refractivity contribution in [2.45, 2.75) is 26.4 Å². The molecule has 0 amide bonds. The Balaban J connectivity index is 3.26. The SMILES string of the molecule is CC(C)(C)OC(=O)c1cc(F)c(F)cc1[N+](=O)[O-]. The molecule has 0 heterocycles. The molecule has 0 aromatic heterocycles. The van der Waals surface area contributed by atoms with Crippen molar-refractivity contribution in [3.8, 4) is 0 Å². The summed E-state index contributed by atoms with van der Waals surface area (Å²) in [6.07, 6.45) is 0. The predicted molar refractivity (Wildman–Crippen MR) is 58.2 cm³/mol. The van der Waals surface area contributed by atoms with Crippen LogP contribution in [0, 0.1) is 21.7 Å². The Labute approximate surface area is 102 Å². The average Bonchev–Trinajstić information content (AvgIpc) is 2.18. The summed E-state index contributed by atoms with van der Waals surface area (Å²) in [6, 6.07) is 0.816. The Kier molecular flexibility index (Phi) is 3.64. The van der Waals surface area contributed by atoms with Gasteiger partial charge < -0.3 is 4.74 Å². The summed E-state index contributed by atoms with van der Waals surface area (Å²) >= 11 is 0. The molecule has 0 saturated heterocycles. The van der Waals surface area contributed by atoms with Crippen LogP contribution in [-0.2, 0) is 4.74 Å². The van der Waals surface area contributed by atoms with E-state index in [1.54, 1.807) is 20.8 Å². The highest BCUT2D eigenvalue weighted by molar-refractivity contribution is 5.94. The zero-order valence-corrected chi connectivity index (χ0v) is 9.99. The van der Waals surface area contributed by atoms with Gasteiger partial charge in [-0.15, -0.1) is 0 Å². The lowest BCUT2D eigenvalue weighted by molar-refractivity contribution is -0.385. The van der Waals surface area contributed by atoms with E-state index in [1.165, 1.54) is 0 Å². The van der Waals surface area contributed by atoms with Gasteiger partial charge in [-0.1, -0.05) is 0 Å². The summed E-state index contributed by atoms with van der Waals surface area (Å²) in [5, 5.41) is 10.7. The van der Waals surface area contributed by atoms with Gasteiger partial charge in [-0.2, -0.15) is 0 Å². The molecule has 0 fully saturated rings. The van der Waals surface area contributed by atoms with Crippen LogP contribution in [0.2, 0.25) is 0 Å². The first kappa shape index (κ1) is 14.0. The number of rotatable bonds is 2. The highest BCUT2D eigenvalue weighted by Crippen LogP contribution is 2.24.